The van der Waals surface area contributed by atoms with Crippen molar-refractivity contribution < 1.29 is 4.42 Å². The smallest absolute Gasteiger partial charge is 0.226 e. The lowest BCUT2D eigenvalue weighted by atomic mass is 10.1. The summed E-state index contributed by atoms with van der Waals surface area (Å²) >= 11 is 0. The molecular weight excluding hydrogens is 324 g/mol. The van der Waals surface area contributed by atoms with Gasteiger partial charge in [0.05, 0.1) is 23.1 Å². The van der Waals surface area contributed by atoms with Crippen molar-refractivity contribution in [2.24, 2.45) is 0 Å². The number of imidazole rings is 1. The van der Waals surface area contributed by atoms with Crippen LogP contribution < -0.4 is 0 Å². The molecule has 132 valence electrons. The van der Waals surface area contributed by atoms with E-state index in [1.165, 1.54) is 5.56 Å². The zero-order valence-corrected chi connectivity index (χ0v) is 15.1. The number of aromatic nitrogens is 3. The predicted octanol–water partition coefficient (Wildman–Crippen LogP) is 4.19. The van der Waals surface area contributed by atoms with E-state index in [0.717, 1.165) is 41.9 Å². The summed E-state index contributed by atoms with van der Waals surface area (Å²) in [6, 6.07) is 16.5. The molecule has 0 aliphatic heterocycles. The van der Waals surface area contributed by atoms with Crippen LogP contribution in [0, 0.1) is 0 Å². The van der Waals surface area contributed by atoms with Crippen LogP contribution in [0.4, 0.5) is 0 Å². The summed E-state index contributed by atoms with van der Waals surface area (Å²) in [5.41, 5.74) is 5.34. The van der Waals surface area contributed by atoms with Crippen LogP contribution in [0.5, 0.6) is 0 Å². The summed E-state index contributed by atoms with van der Waals surface area (Å²) in [7, 11) is 2.07. The first-order valence-electron chi connectivity index (χ1n) is 8.85. The Morgan fingerprint density at radius 2 is 1.88 bits per heavy atom. The lowest BCUT2D eigenvalue weighted by Gasteiger charge is -2.10. The molecule has 0 N–H and O–H groups in total. The summed E-state index contributed by atoms with van der Waals surface area (Å²) in [6.07, 6.45) is 3.64. The lowest BCUT2D eigenvalue weighted by molar-refractivity contribution is 0.341. The standard InChI is InChI=1S/C21H22N4O/c1-3-24(2)13-18-14-26-21(23-18)17-10-8-16(9-11-17)12-25-15-22-19-6-4-5-7-20(19)25/h4-11,14-15H,3,12-13H2,1-2H3. The molecule has 26 heavy (non-hydrogen) atoms. The van der Waals surface area contributed by atoms with Gasteiger partial charge >= 0.3 is 0 Å². The number of hydrogen-bond donors (Lipinski definition) is 0. The summed E-state index contributed by atoms with van der Waals surface area (Å²) in [5, 5.41) is 0. The van der Waals surface area contributed by atoms with Gasteiger partial charge in [0.2, 0.25) is 5.89 Å². The summed E-state index contributed by atoms with van der Waals surface area (Å²) in [4.78, 5) is 11.2. The molecule has 0 fully saturated rings. The number of para-hydroxylation sites is 2. The van der Waals surface area contributed by atoms with Crippen molar-refractivity contribution in [1.29, 1.82) is 0 Å². The highest BCUT2D eigenvalue weighted by atomic mass is 16.3. The predicted molar refractivity (Wildman–Crippen MR) is 103 cm³/mol. The third kappa shape index (κ3) is 3.39. The Morgan fingerprint density at radius 1 is 1.08 bits per heavy atom. The molecule has 0 unspecified atom stereocenters. The fourth-order valence-corrected chi connectivity index (χ4v) is 2.99. The third-order valence-electron chi connectivity index (χ3n) is 4.60. The van der Waals surface area contributed by atoms with Gasteiger partial charge in [-0.1, -0.05) is 31.2 Å². The van der Waals surface area contributed by atoms with E-state index in [9.17, 15) is 0 Å². The Hall–Kier alpha value is -2.92. The molecule has 2 heterocycles. The van der Waals surface area contributed by atoms with Gasteiger partial charge in [0, 0.05) is 18.7 Å². The second-order valence-corrected chi connectivity index (χ2v) is 6.53. The molecule has 0 aliphatic rings. The van der Waals surface area contributed by atoms with Gasteiger partial charge in [-0.15, -0.1) is 0 Å². The van der Waals surface area contributed by atoms with Crippen LogP contribution in [0.2, 0.25) is 0 Å². The van der Waals surface area contributed by atoms with Gasteiger partial charge in [-0.05, 0) is 43.4 Å². The molecule has 0 atom stereocenters. The van der Waals surface area contributed by atoms with Crippen LogP contribution in [0.3, 0.4) is 0 Å². The molecule has 4 rings (SSSR count). The van der Waals surface area contributed by atoms with E-state index >= 15 is 0 Å². The number of nitrogens with zero attached hydrogens (tertiary/aromatic N) is 4. The van der Waals surface area contributed by atoms with Crippen molar-refractivity contribution in [3.8, 4) is 11.5 Å². The van der Waals surface area contributed by atoms with E-state index in [1.807, 2.05) is 24.5 Å². The number of rotatable bonds is 6. The van der Waals surface area contributed by atoms with Crippen LogP contribution in [-0.2, 0) is 13.1 Å². The first-order valence-corrected chi connectivity index (χ1v) is 8.85. The van der Waals surface area contributed by atoms with E-state index in [2.05, 4.69) is 63.7 Å². The SMILES string of the molecule is CCN(C)Cc1coc(-c2ccc(Cn3cnc4ccccc43)cc2)n1. The fraction of sp³-hybridized carbons (Fsp3) is 0.238. The first kappa shape index (κ1) is 16.5. The molecule has 0 amide bonds. The van der Waals surface area contributed by atoms with Gasteiger partial charge in [-0.2, -0.15) is 0 Å². The number of benzene rings is 2. The molecule has 0 saturated heterocycles. The van der Waals surface area contributed by atoms with Crippen molar-refractivity contribution in [3.05, 3.63) is 72.4 Å². The van der Waals surface area contributed by atoms with E-state index in [-0.39, 0.29) is 0 Å². The maximum Gasteiger partial charge on any atom is 0.226 e. The van der Waals surface area contributed by atoms with Crippen LogP contribution in [-0.4, -0.2) is 33.0 Å². The van der Waals surface area contributed by atoms with Gasteiger partial charge in [-0.25, -0.2) is 9.97 Å². The minimum atomic E-state index is 0.670. The number of oxazole rings is 1. The molecule has 5 nitrogen and oxygen atoms in total. The van der Waals surface area contributed by atoms with Crippen LogP contribution in [0.25, 0.3) is 22.5 Å². The first-order chi connectivity index (χ1) is 12.7. The third-order valence-corrected chi connectivity index (χ3v) is 4.60. The molecule has 0 radical (unpaired) electrons. The Kier molecular flexibility index (Phi) is 4.54. The normalized spacial score (nSPS) is 11.5. The van der Waals surface area contributed by atoms with E-state index < -0.39 is 0 Å². The van der Waals surface area contributed by atoms with Crippen molar-refractivity contribution in [1.82, 2.24) is 19.4 Å². The average Bonchev–Trinajstić information content (AvgIpc) is 3.30. The second kappa shape index (κ2) is 7.14. The topological polar surface area (TPSA) is 47.1 Å². The summed E-state index contributed by atoms with van der Waals surface area (Å²) in [5.74, 6) is 0.670. The lowest BCUT2D eigenvalue weighted by Crippen LogP contribution is -2.16. The largest absolute Gasteiger partial charge is 0.444 e. The van der Waals surface area contributed by atoms with Gasteiger partial charge in [0.15, 0.2) is 0 Å². The average molecular weight is 346 g/mol. The molecule has 0 spiro atoms. The maximum absolute atomic E-state index is 5.65. The van der Waals surface area contributed by atoms with E-state index in [1.54, 1.807) is 6.26 Å². The molecule has 0 aliphatic carbocycles. The Labute approximate surface area is 152 Å². The van der Waals surface area contributed by atoms with Crippen molar-refractivity contribution in [3.63, 3.8) is 0 Å². The quantitative estimate of drug-likeness (QED) is 0.525. The van der Waals surface area contributed by atoms with Crippen LogP contribution >= 0.6 is 0 Å². The van der Waals surface area contributed by atoms with Gasteiger partial charge in [0.1, 0.15) is 6.26 Å². The number of hydrogen-bond acceptors (Lipinski definition) is 4. The fourth-order valence-electron chi connectivity index (χ4n) is 2.99. The monoisotopic (exact) mass is 346 g/mol. The van der Waals surface area contributed by atoms with Crippen molar-refractivity contribution in [2.45, 2.75) is 20.0 Å². The summed E-state index contributed by atoms with van der Waals surface area (Å²) in [6.45, 7) is 4.70. The van der Waals surface area contributed by atoms with E-state index in [4.69, 9.17) is 4.42 Å². The van der Waals surface area contributed by atoms with Crippen molar-refractivity contribution >= 4 is 11.0 Å². The minimum Gasteiger partial charge on any atom is -0.444 e. The van der Waals surface area contributed by atoms with E-state index in [0.29, 0.717) is 5.89 Å². The number of fused-ring (bicyclic) bond motifs is 1. The van der Waals surface area contributed by atoms with Crippen LogP contribution in [0.1, 0.15) is 18.2 Å². The minimum absolute atomic E-state index is 0.670. The molecule has 0 saturated carbocycles. The molecule has 0 bridgehead atoms. The Morgan fingerprint density at radius 3 is 2.69 bits per heavy atom. The molecular formula is C21H22N4O. The van der Waals surface area contributed by atoms with Crippen LogP contribution in [0.15, 0.2) is 65.5 Å². The Balaban J connectivity index is 1.50. The molecule has 2 aromatic carbocycles. The molecule has 2 aromatic heterocycles. The molecule has 5 heteroatoms. The highest BCUT2D eigenvalue weighted by Gasteiger charge is 2.09. The summed E-state index contributed by atoms with van der Waals surface area (Å²) < 4.78 is 7.81. The Bertz CT molecular complexity index is 1000. The zero-order valence-electron chi connectivity index (χ0n) is 15.1. The molecule has 4 aromatic rings. The highest BCUT2D eigenvalue weighted by Crippen LogP contribution is 2.21. The van der Waals surface area contributed by atoms with Gasteiger partial charge < -0.3 is 13.9 Å². The highest BCUT2D eigenvalue weighted by molar-refractivity contribution is 5.75. The second-order valence-electron chi connectivity index (χ2n) is 6.53. The van der Waals surface area contributed by atoms with Gasteiger partial charge in [-0.3, -0.25) is 0 Å². The van der Waals surface area contributed by atoms with Crippen molar-refractivity contribution in [2.75, 3.05) is 13.6 Å². The zero-order chi connectivity index (χ0) is 17.9. The maximum atomic E-state index is 5.65. The van der Waals surface area contributed by atoms with Gasteiger partial charge in [0.25, 0.3) is 0 Å².